The summed E-state index contributed by atoms with van der Waals surface area (Å²) in [6, 6.07) is 21.7. The summed E-state index contributed by atoms with van der Waals surface area (Å²) in [4.78, 5) is 22.0. The summed E-state index contributed by atoms with van der Waals surface area (Å²) in [6.07, 6.45) is 1.81. The Kier molecular flexibility index (Phi) is 6.32. The van der Waals surface area contributed by atoms with Crippen LogP contribution < -0.4 is 15.1 Å². The lowest BCUT2D eigenvalue weighted by Crippen LogP contribution is -2.46. The lowest BCUT2D eigenvalue weighted by molar-refractivity contribution is 0.0951. The van der Waals surface area contributed by atoms with E-state index in [0.29, 0.717) is 17.1 Å². The average molecular weight is 475 g/mol. The molecule has 1 saturated heterocycles. The van der Waals surface area contributed by atoms with Gasteiger partial charge in [0.2, 0.25) is 0 Å². The van der Waals surface area contributed by atoms with E-state index >= 15 is 0 Å². The van der Waals surface area contributed by atoms with Gasteiger partial charge in [0.25, 0.3) is 5.91 Å². The van der Waals surface area contributed by atoms with Crippen molar-refractivity contribution in [3.8, 4) is 0 Å². The first-order valence-electron chi connectivity index (χ1n) is 11.2. The third kappa shape index (κ3) is 4.68. The first kappa shape index (κ1) is 22.2. The summed E-state index contributed by atoms with van der Waals surface area (Å²) >= 11 is 6.21. The highest BCUT2D eigenvalue weighted by Crippen LogP contribution is 2.27. The summed E-state index contributed by atoms with van der Waals surface area (Å²) in [7, 11) is 0. The molecule has 0 atom stereocenters. The van der Waals surface area contributed by atoms with Crippen LogP contribution in [0.3, 0.4) is 0 Å². The van der Waals surface area contributed by atoms with Crippen LogP contribution in [0.2, 0.25) is 5.02 Å². The van der Waals surface area contributed by atoms with Gasteiger partial charge >= 0.3 is 0 Å². The normalized spacial score (nSPS) is 13.8. The molecular weight excluding hydrogens is 451 g/mol. The molecule has 0 spiro atoms. The summed E-state index contributed by atoms with van der Waals surface area (Å²) in [6.45, 7) is 3.55. The summed E-state index contributed by atoms with van der Waals surface area (Å²) < 4.78 is 13.3. The zero-order valence-corrected chi connectivity index (χ0v) is 19.3. The van der Waals surface area contributed by atoms with Crippen LogP contribution in [-0.4, -0.2) is 37.1 Å². The van der Waals surface area contributed by atoms with E-state index in [0.717, 1.165) is 54.0 Å². The Labute approximate surface area is 202 Å². The molecule has 5 nitrogen and oxygen atoms in total. The summed E-state index contributed by atoms with van der Waals surface area (Å²) in [5, 5.41) is 5.57. The number of aromatic nitrogens is 1. The van der Waals surface area contributed by atoms with Crippen LogP contribution in [0.5, 0.6) is 0 Å². The Hall–Kier alpha value is -3.64. The monoisotopic (exact) mass is 474 g/mol. The van der Waals surface area contributed by atoms with Crippen molar-refractivity contribution in [3.63, 3.8) is 0 Å². The Morgan fingerprint density at radius 2 is 1.68 bits per heavy atom. The molecule has 3 aromatic carbocycles. The number of halogens is 2. The molecule has 1 aromatic heterocycles. The molecule has 1 aliphatic rings. The van der Waals surface area contributed by atoms with E-state index in [-0.39, 0.29) is 11.7 Å². The van der Waals surface area contributed by atoms with E-state index < -0.39 is 0 Å². The minimum Gasteiger partial charge on any atom is -0.368 e. The summed E-state index contributed by atoms with van der Waals surface area (Å²) in [5.74, 6) is 0.490. The van der Waals surface area contributed by atoms with Crippen LogP contribution in [-0.2, 0) is 6.54 Å². The fourth-order valence-corrected chi connectivity index (χ4v) is 4.50. The molecule has 0 aliphatic carbocycles. The third-order valence-electron chi connectivity index (χ3n) is 6.18. The average Bonchev–Trinajstić information content (AvgIpc) is 2.88. The molecular formula is C27H24ClFN4O. The highest BCUT2D eigenvalue weighted by Gasteiger charge is 2.20. The van der Waals surface area contributed by atoms with Crippen molar-refractivity contribution in [2.45, 2.75) is 6.54 Å². The molecule has 0 saturated carbocycles. The second-order valence-corrected chi connectivity index (χ2v) is 8.70. The van der Waals surface area contributed by atoms with Gasteiger partial charge in [-0.25, -0.2) is 9.37 Å². The van der Waals surface area contributed by atoms with E-state index in [1.165, 1.54) is 12.1 Å². The fraction of sp³-hybridized carbons (Fsp3) is 0.185. The number of amides is 1. The fourth-order valence-electron chi connectivity index (χ4n) is 4.29. The lowest BCUT2D eigenvalue weighted by atomic mass is 10.1. The van der Waals surface area contributed by atoms with Gasteiger partial charge in [0.1, 0.15) is 11.6 Å². The maximum Gasteiger partial charge on any atom is 0.251 e. The van der Waals surface area contributed by atoms with Gasteiger partial charge in [-0.15, -0.1) is 0 Å². The van der Waals surface area contributed by atoms with Crippen LogP contribution in [0.15, 0.2) is 79.0 Å². The second kappa shape index (κ2) is 9.69. The number of piperazine rings is 1. The van der Waals surface area contributed by atoms with Crippen molar-refractivity contribution in [2.24, 2.45) is 0 Å². The highest BCUT2D eigenvalue weighted by atomic mass is 35.5. The molecule has 1 N–H and O–H groups in total. The lowest BCUT2D eigenvalue weighted by Gasteiger charge is -2.37. The smallest absolute Gasteiger partial charge is 0.251 e. The van der Waals surface area contributed by atoms with Gasteiger partial charge < -0.3 is 15.1 Å². The molecule has 1 amide bonds. The van der Waals surface area contributed by atoms with Crippen LogP contribution in [0.4, 0.5) is 15.9 Å². The molecule has 0 bridgehead atoms. The van der Waals surface area contributed by atoms with Gasteiger partial charge in [-0.2, -0.15) is 0 Å². The summed E-state index contributed by atoms with van der Waals surface area (Å²) in [5.41, 5.74) is 2.47. The number of nitrogens with zero attached hydrogens (tertiary/aromatic N) is 3. The number of anilines is 2. The van der Waals surface area contributed by atoms with Crippen LogP contribution in [0, 0.1) is 5.82 Å². The molecule has 172 valence electrons. The number of fused-ring (bicyclic) bond motifs is 1. The van der Waals surface area contributed by atoms with Crippen LogP contribution >= 0.6 is 11.6 Å². The molecule has 7 heteroatoms. The highest BCUT2D eigenvalue weighted by molar-refractivity contribution is 6.31. The Morgan fingerprint density at radius 1 is 0.941 bits per heavy atom. The molecule has 1 fully saturated rings. The van der Waals surface area contributed by atoms with Gasteiger partial charge in [0.05, 0.1) is 0 Å². The standard InChI is InChI=1S/C27H24ClFN4O/c28-25-4-2-1-3-21(25)18-31-27(34)20-6-5-19-11-12-30-26(24(19)17-20)33-15-13-32(14-16-33)23-9-7-22(29)8-10-23/h1-12,17H,13-16,18H2,(H,31,34). The van der Waals surface area contributed by atoms with Crippen molar-refractivity contribution in [3.05, 3.63) is 101 Å². The maximum absolute atomic E-state index is 13.3. The number of hydrogen-bond acceptors (Lipinski definition) is 4. The molecule has 34 heavy (non-hydrogen) atoms. The molecule has 5 rings (SSSR count). The van der Waals surface area contributed by atoms with Crippen molar-refractivity contribution >= 4 is 39.8 Å². The molecule has 0 radical (unpaired) electrons. The SMILES string of the molecule is O=C(NCc1ccccc1Cl)c1ccc2ccnc(N3CCN(c4ccc(F)cc4)CC3)c2c1. The Morgan fingerprint density at radius 3 is 2.44 bits per heavy atom. The number of rotatable bonds is 5. The molecule has 1 aliphatic heterocycles. The van der Waals surface area contributed by atoms with Crippen molar-refractivity contribution in [2.75, 3.05) is 36.0 Å². The van der Waals surface area contributed by atoms with Crippen LogP contribution in [0.25, 0.3) is 10.8 Å². The second-order valence-electron chi connectivity index (χ2n) is 8.30. The predicted octanol–water partition coefficient (Wildman–Crippen LogP) is 5.28. The maximum atomic E-state index is 13.3. The molecule has 0 unspecified atom stereocenters. The van der Waals surface area contributed by atoms with Crippen molar-refractivity contribution in [1.82, 2.24) is 10.3 Å². The molecule has 2 heterocycles. The minimum absolute atomic E-state index is 0.155. The Balaban J connectivity index is 1.32. The zero-order chi connectivity index (χ0) is 23.5. The largest absolute Gasteiger partial charge is 0.368 e. The third-order valence-corrected chi connectivity index (χ3v) is 6.54. The zero-order valence-electron chi connectivity index (χ0n) is 18.5. The van der Waals surface area contributed by atoms with Gasteiger partial charge in [0, 0.05) is 60.6 Å². The number of benzene rings is 3. The number of carbonyl (C=O) groups is 1. The van der Waals surface area contributed by atoms with Crippen molar-refractivity contribution in [1.29, 1.82) is 0 Å². The van der Waals surface area contributed by atoms with Crippen molar-refractivity contribution < 1.29 is 9.18 Å². The van der Waals surface area contributed by atoms with Gasteiger partial charge in [0.15, 0.2) is 0 Å². The topological polar surface area (TPSA) is 48.5 Å². The van der Waals surface area contributed by atoms with Gasteiger partial charge in [-0.3, -0.25) is 4.79 Å². The minimum atomic E-state index is -0.228. The van der Waals surface area contributed by atoms with E-state index in [1.54, 1.807) is 6.20 Å². The first-order valence-corrected chi connectivity index (χ1v) is 11.6. The number of nitrogens with one attached hydrogen (secondary N) is 1. The van der Waals surface area contributed by atoms with E-state index in [9.17, 15) is 9.18 Å². The van der Waals surface area contributed by atoms with Crippen LogP contribution in [0.1, 0.15) is 15.9 Å². The molecule has 4 aromatic rings. The quantitative estimate of drug-likeness (QED) is 0.427. The van der Waals surface area contributed by atoms with E-state index in [1.807, 2.05) is 60.7 Å². The van der Waals surface area contributed by atoms with E-state index in [2.05, 4.69) is 20.1 Å². The Bertz CT molecular complexity index is 1320. The number of hydrogen-bond donors (Lipinski definition) is 1. The predicted molar refractivity (Wildman–Crippen MR) is 135 cm³/mol. The van der Waals surface area contributed by atoms with E-state index in [4.69, 9.17) is 11.6 Å². The number of pyridine rings is 1. The first-order chi connectivity index (χ1) is 16.6. The van der Waals surface area contributed by atoms with Gasteiger partial charge in [-0.05, 0) is 59.5 Å². The number of carbonyl (C=O) groups excluding carboxylic acids is 1. The van der Waals surface area contributed by atoms with Gasteiger partial charge in [-0.1, -0.05) is 35.9 Å².